The summed E-state index contributed by atoms with van der Waals surface area (Å²) in [5.74, 6) is 0.942. The fourth-order valence-corrected chi connectivity index (χ4v) is 6.89. The lowest BCUT2D eigenvalue weighted by atomic mass is 9.57. The number of carbonyl (C=O) groups is 1. The number of hydrogen-bond acceptors (Lipinski definition) is 5. The number of piperazine rings is 1. The van der Waals surface area contributed by atoms with Crippen molar-refractivity contribution in [3.63, 3.8) is 0 Å². The lowest BCUT2D eigenvalue weighted by molar-refractivity contribution is -0.159. The quantitative estimate of drug-likeness (QED) is 0.399. The summed E-state index contributed by atoms with van der Waals surface area (Å²) >= 11 is 12.2. The van der Waals surface area contributed by atoms with Gasteiger partial charge in [-0.2, -0.15) is 0 Å². The molecule has 3 aliphatic rings. The zero-order valence-corrected chi connectivity index (χ0v) is 23.0. The monoisotopic (exact) mass is 522 g/mol. The van der Waals surface area contributed by atoms with Crippen LogP contribution in [-0.4, -0.2) is 65.3 Å². The first-order valence-electron chi connectivity index (χ1n) is 13.0. The van der Waals surface area contributed by atoms with E-state index in [1.165, 1.54) is 12.5 Å². The SMILES string of the molecule is CC(=O)O[C@@H]1C[C@@]2(O)[C@H](C)CC[C@@H](C(C)CN3CCN(Cc4ccc(Cl)c(Cl)c4)CC3)[C@H]2C=C1C. The molecule has 1 N–H and O–H groups in total. The van der Waals surface area contributed by atoms with Gasteiger partial charge in [-0.25, -0.2) is 0 Å². The van der Waals surface area contributed by atoms with Crippen LogP contribution in [0.4, 0.5) is 0 Å². The molecular weight excluding hydrogens is 483 g/mol. The molecule has 0 spiro atoms. The van der Waals surface area contributed by atoms with E-state index >= 15 is 0 Å². The number of benzene rings is 1. The van der Waals surface area contributed by atoms with Crippen molar-refractivity contribution >= 4 is 29.2 Å². The minimum absolute atomic E-state index is 0.115. The molecule has 0 bridgehead atoms. The van der Waals surface area contributed by atoms with Gasteiger partial charge < -0.3 is 14.7 Å². The molecule has 1 heterocycles. The lowest BCUT2D eigenvalue weighted by Gasteiger charge is -2.53. The lowest BCUT2D eigenvalue weighted by Crippen LogP contribution is -2.56. The highest BCUT2D eigenvalue weighted by molar-refractivity contribution is 6.42. The summed E-state index contributed by atoms with van der Waals surface area (Å²) in [4.78, 5) is 16.7. The molecule has 35 heavy (non-hydrogen) atoms. The predicted molar refractivity (Wildman–Crippen MR) is 142 cm³/mol. The van der Waals surface area contributed by atoms with E-state index in [2.05, 4.69) is 35.8 Å². The van der Waals surface area contributed by atoms with E-state index in [-0.39, 0.29) is 23.9 Å². The number of fused-ring (bicyclic) bond motifs is 1. The summed E-state index contributed by atoms with van der Waals surface area (Å²) in [7, 11) is 0. The van der Waals surface area contributed by atoms with E-state index in [0.717, 1.165) is 57.7 Å². The Kier molecular flexibility index (Phi) is 8.54. The Balaban J connectivity index is 1.35. The highest BCUT2D eigenvalue weighted by Gasteiger charge is 2.52. The van der Waals surface area contributed by atoms with Crippen LogP contribution >= 0.6 is 23.2 Å². The van der Waals surface area contributed by atoms with Gasteiger partial charge in [-0.3, -0.25) is 9.69 Å². The molecule has 0 aromatic heterocycles. The summed E-state index contributed by atoms with van der Waals surface area (Å²) in [6, 6.07) is 5.90. The number of aliphatic hydroxyl groups is 1. The van der Waals surface area contributed by atoms with Crippen molar-refractivity contribution in [3.8, 4) is 0 Å². The van der Waals surface area contributed by atoms with Gasteiger partial charge in [-0.05, 0) is 60.8 Å². The van der Waals surface area contributed by atoms with E-state index in [9.17, 15) is 9.90 Å². The Hall–Kier alpha value is -1.11. The largest absolute Gasteiger partial charge is 0.458 e. The number of halogens is 2. The maximum Gasteiger partial charge on any atom is 0.303 e. The topological polar surface area (TPSA) is 53.0 Å². The molecule has 5 nitrogen and oxygen atoms in total. The van der Waals surface area contributed by atoms with Crippen molar-refractivity contribution in [1.82, 2.24) is 9.80 Å². The highest BCUT2D eigenvalue weighted by Crippen LogP contribution is 2.51. The van der Waals surface area contributed by atoms with E-state index in [1.54, 1.807) is 0 Å². The first-order valence-corrected chi connectivity index (χ1v) is 13.8. The maximum atomic E-state index is 11.8. The Bertz CT molecular complexity index is 946. The van der Waals surface area contributed by atoms with Gasteiger partial charge in [0.15, 0.2) is 0 Å². The van der Waals surface area contributed by atoms with Crippen LogP contribution in [0.5, 0.6) is 0 Å². The molecule has 0 amide bonds. The molecule has 1 saturated heterocycles. The fraction of sp³-hybridized carbons (Fsp3) is 0.679. The molecule has 194 valence electrons. The molecule has 2 fully saturated rings. The summed E-state index contributed by atoms with van der Waals surface area (Å²) in [5, 5.41) is 13.0. The zero-order chi connectivity index (χ0) is 25.3. The molecule has 1 saturated carbocycles. The molecule has 2 aliphatic carbocycles. The van der Waals surface area contributed by atoms with E-state index in [1.807, 2.05) is 19.1 Å². The Morgan fingerprint density at radius 1 is 1.17 bits per heavy atom. The number of rotatable bonds is 6. The average Bonchev–Trinajstić information content (AvgIpc) is 2.79. The Morgan fingerprint density at radius 3 is 2.51 bits per heavy atom. The molecule has 6 atom stereocenters. The van der Waals surface area contributed by atoms with Crippen LogP contribution in [0.1, 0.15) is 52.5 Å². The molecule has 1 aliphatic heterocycles. The summed E-state index contributed by atoms with van der Waals surface area (Å²) in [6.07, 6.45) is 4.57. The maximum absolute atomic E-state index is 11.8. The molecular formula is C28H40Cl2N2O3. The van der Waals surface area contributed by atoms with Crippen LogP contribution in [-0.2, 0) is 16.1 Å². The third kappa shape index (κ3) is 6.07. The number of carbonyl (C=O) groups excluding carboxylic acids is 1. The normalized spacial score (nSPS) is 33.1. The van der Waals surface area contributed by atoms with Gasteiger partial charge in [0.2, 0.25) is 0 Å². The second-order valence-corrected chi connectivity index (χ2v) is 12.0. The summed E-state index contributed by atoms with van der Waals surface area (Å²) < 4.78 is 5.55. The zero-order valence-electron chi connectivity index (χ0n) is 21.5. The second kappa shape index (κ2) is 11.1. The van der Waals surface area contributed by atoms with Gasteiger partial charge in [0, 0.05) is 58.5 Å². The number of ether oxygens (including phenoxy) is 1. The van der Waals surface area contributed by atoms with Crippen molar-refractivity contribution < 1.29 is 14.6 Å². The molecule has 4 rings (SSSR count). The number of esters is 1. The third-order valence-electron chi connectivity index (χ3n) is 8.73. The van der Waals surface area contributed by atoms with Crippen LogP contribution in [0.15, 0.2) is 29.8 Å². The van der Waals surface area contributed by atoms with Crippen LogP contribution in [0.2, 0.25) is 10.0 Å². The van der Waals surface area contributed by atoms with Crippen molar-refractivity contribution in [3.05, 3.63) is 45.5 Å². The molecule has 0 radical (unpaired) electrons. The van der Waals surface area contributed by atoms with Gasteiger partial charge in [0.05, 0.1) is 15.6 Å². The van der Waals surface area contributed by atoms with Crippen molar-refractivity contribution in [2.45, 2.75) is 65.2 Å². The molecule has 1 unspecified atom stereocenters. The first kappa shape index (κ1) is 26.9. The van der Waals surface area contributed by atoms with Crippen LogP contribution in [0.3, 0.4) is 0 Å². The number of hydrogen-bond donors (Lipinski definition) is 1. The minimum Gasteiger partial charge on any atom is -0.458 e. The minimum atomic E-state index is -0.810. The van der Waals surface area contributed by atoms with Crippen molar-refractivity contribution in [2.75, 3.05) is 32.7 Å². The third-order valence-corrected chi connectivity index (χ3v) is 9.47. The molecule has 1 aromatic carbocycles. The first-order chi connectivity index (χ1) is 16.6. The smallest absolute Gasteiger partial charge is 0.303 e. The Morgan fingerprint density at radius 2 is 1.86 bits per heavy atom. The fourth-order valence-electron chi connectivity index (χ4n) is 6.57. The van der Waals surface area contributed by atoms with Crippen LogP contribution in [0.25, 0.3) is 0 Å². The summed E-state index contributed by atoms with van der Waals surface area (Å²) in [6.45, 7) is 14.1. The van der Waals surface area contributed by atoms with E-state index in [4.69, 9.17) is 27.9 Å². The molecule has 7 heteroatoms. The Labute approximate surface area is 220 Å². The summed E-state index contributed by atoms with van der Waals surface area (Å²) in [5.41, 5.74) is 1.47. The standard InChI is InChI=1S/C28H40Cl2N2O3/c1-18-13-24-23(7-5-20(3)28(24,34)15-27(18)35-21(4)33)19(2)16-31-9-11-32(12-10-31)17-22-6-8-25(29)26(30)14-22/h6,8,13-14,19-20,23-24,27,34H,5,7,9-12,15-17H2,1-4H3/t19?,20-,23+,24-,27-,28-/m1/s1. The number of nitrogens with zero attached hydrogens (tertiary/aromatic N) is 2. The molecule has 1 aromatic rings. The van der Waals surface area contributed by atoms with E-state index in [0.29, 0.717) is 28.3 Å². The predicted octanol–water partition coefficient (Wildman–Crippen LogP) is 5.42. The second-order valence-electron chi connectivity index (χ2n) is 11.2. The van der Waals surface area contributed by atoms with Crippen LogP contribution < -0.4 is 0 Å². The van der Waals surface area contributed by atoms with Gasteiger partial charge in [0.25, 0.3) is 0 Å². The van der Waals surface area contributed by atoms with E-state index < -0.39 is 5.60 Å². The average molecular weight is 524 g/mol. The van der Waals surface area contributed by atoms with Gasteiger partial charge in [0.1, 0.15) is 6.10 Å². The van der Waals surface area contributed by atoms with Gasteiger partial charge in [-0.1, -0.05) is 49.2 Å². The van der Waals surface area contributed by atoms with Gasteiger partial charge >= 0.3 is 5.97 Å². The highest BCUT2D eigenvalue weighted by atomic mass is 35.5. The van der Waals surface area contributed by atoms with Crippen LogP contribution in [0, 0.1) is 23.7 Å². The van der Waals surface area contributed by atoms with Crippen molar-refractivity contribution in [2.24, 2.45) is 23.7 Å². The van der Waals surface area contributed by atoms with Gasteiger partial charge in [-0.15, -0.1) is 0 Å². The van der Waals surface area contributed by atoms with Crippen molar-refractivity contribution in [1.29, 1.82) is 0 Å².